The second-order valence-electron chi connectivity index (χ2n) is 3.82. The number of hydrogen-bond donors (Lipinski definition) is 0. The van der Waals surface area contributed by atoms with Crippen LogP contribution in [-0.4, -0.2) is 26.5 Å². The Labute approximate surface area is 122 Å². The zero-order valence-corrected chi connectivity index (χ0v) is 13.3. The number of hydrogen-bond acceptors (Lipinski definition) is 3. The molecular weight excluding hydrogens is 340 g/mol. The molecule has 1 aromatic rings. The highest BCUT2D eigenvalue weighted by atomic mass is 79.9. The van der Waals surface area contributed by atoms with E-state index in [9.17, 15) is 8.42 Å². The standard InChI is InChI=1S/C12H16BrClO3S/c1-2-18(15,16)7-3-6-17-12-5-4-11(14)8-10(12)9-13/h4-5,8H,2-3,6-7,9H2,1H3. The summed E-state index contributed by atoms with van der Waals surface area (Å²) in [6.45, 7) is 2.04. The maximum atomic E-state index is 11.3. The first kappa shape index (κ1) is 15.8. The monoisotopic (exact) mass is 354 g/mol. The van der Waals surface area contributed by atoms with E-state index in [1.165, 1.54) is 0 Å². The minimum absolute atomic E-state index is 0.167. The van der Waals surface area contributed by atoms with Gasteiger partial charge in [0, 0.05) is 21.7 Å². The predicted molar refractivity (Wildman–Crippen MR) is 78.5 cm³/mol. The van der Waals surface area contributed by atoms with Crippen LogP contribution in [0.1, 0.15) is 18.9 Å². The molecule has 3 nitrogen and oxygen atoms in total. The van der Waals surface area contributed by atoms with E-state index in [2.05, 4.69) is 15.9 Å². The lowest BCUT2D eigenvalue weighted by Crippen LogP contribution is -2.12. The third-order valence-electron chi connectivity index (χ3n) is 2.46. The van der Waals surface area contributed by atoms with Crippen molar-refractivity contribution in [1.82, 2.24) is 0 Å². The van der Waals surface area contributed by atoms with Crippen LogP contribution in [0.5, 0.6) is 5.75 Å². The zero-order chi connectivity index (χ0) is 13.6. The van der Waals surface area contributed by atoms with Crippen molar-refractivity contribution in [3.05, 3.63) is 28.8 Å². The molecule has 0 saturated heterocycles. The fourth-order valence-corrected chi connectivity index (χ4v) is 2.88. The Balaban J connectivity index is 2.49. The summed E-state index contributed by atoms with van der Waals surface area (Å²) >= 11 is 9.24. The van der Waals surface area contributed by atoms with Crippen molar-refractivity contribution in [1.29, 1.82) is 0 Å². The van der Waals surface area contributed by atoms with E-state index >= 15 is 0 Å². The molecule has 0 atom stereocenters. The minimum atomic E-state index is -2.91. The molecule has 0 spiro atoms. The normalized spacial score (nSPS) is 11.5. The first-order valence-corrected chi connectivity index (χ1v) is 8.98. The third kappa shape index (κ3) is 5.16. The summed E-state index contributed by atoms with van der Waals surface area (Å²) in [6, 6.07) is 5.38. The lowest BCUT2D eigenvalue weighted by Gasteiger charge is -2.10. The average molecular weight is 356 g/mol. The molecule has 1 aromatic carbocycles. The molecule has 0 aliphatic heterocycles. The summed E-state index contributed by atoms with van der Waals surface area (Å²) in [5, 5.41) is 1.31. The van der Waals surface area contributed by atoms with Gasteiger partial charge in [0.15, 0.2) is 0 Å². The molecule has 0 amide bonds. The number of halogens is 2. The van der Waals surface area contributed by atoms with Crippen LogP contribution in [0.2, 0.25) is 5.02 Å². The highest BCUT2D eigenvalue weighted by Gasteiger charge is 2.08. The first-order valence-electron chi connectivity index (χ1n) is 5.66. The van der Waals surface area contributed by atoms with Gasteiger partial charge in [-0.25, -0.2) is 8.42 Å². The molecule has 0 unspecified atom stereocenters. The Kier molecular flexibility index (Phi) is 6.46. The lowest BCUT2D eigenvalue weighted by atomic mass is 10.2. The van der Waals surface area contributed by atoms with Gasteiger partial charge in [-0.1, -0.05) is 34.5 Å². The van der Waals surface area contributed by atoms with E-state index in [0.29, 0.717) is 23.4 Å². The van der Waals surface area contributed by atoms with Crippen LogP contribution in [0, 0.1) is 0 Å². The van der Waals surface area contributed by atoms with E-state index in [-0.39, 0.29) is 11.5 Å². The van der Waals surface area contributed by atoms with E-state index in [0.717, 1.165) is 11.3 Å². The molecular formula is C12H16BrClO3S. The fourth-order valence-electron chi connectivity index (χ4n) is 1.40. The van der Waals surface area contributed by atoms with E-state index < -0.39 is 9.84 Å². The molecule has 1 rings (SSSR count). The first-order chi connectivity index (χ1) is 8.48. The molecule has 0 N–H and O–H groups in total. The van der Waals surface area contributed by atoms with E-state index in [4.69, 9.17) is 16.3 Å². The van der Waals surface area contributed by atoms with Crippen molar-refractivity contribution < 1.29 is 13.2 Å². The number of alkyl halides is 1. The van der Waals surface area contributed by atoms with Gasteiger partial charge >= 0.3 is 0 Å². The van der Waals surface area contributed by atoms with Crippen LogP contribution in [0.25, 0.3) is 0 Å². The lowest BCUT2D eigenvalue weighted by molar-refractivity contribution is 0.315. The Morgan fingerprint density at radius 1 is 1.39 bits per heavy atom. The summed E-state index contributed by atoms with van der Waals surface area (Å²) in [5.41, 5.74) is 0.959. The molecule has 6 heteroatoms. The van der Waals surface area contributed by atoms with Gasteiger partial charge in [0.1, 0.15) is 15.6 Å². The van der Waals surface area contributed by atoms with Gasteiger partial charge in [-0.05, 0) is 24.6 Å². The zero-order valence-electron chi connectivity index (χ0n) is 10.2. The van der Waals surface area contributed by atoms with Gasteiger partial charge < -0.3 is 4.74 Å². The molecule has 0 heterocycles. The minimum Gasteiger partial charge on any atom is -0.493 e. The Morgan fingerprint density at radius 2 is 2.11 bits per heavy atom. The third-order valence-corrected chi connectivity index (χ3v) is 5.09. The Bertz CT molecular complexity index is 488. The summed E-state index contributed by atoms with van der Waals surface area (Å²) < 4.78 is 28.2. The molecule has 0 bridgehead atoms. The molecule has 0 aliphatic rings. The molecule has 0 aromatic heterocycles. The second-order valence-corrected chi connectivity index (χ2v) is 7.29. The molecule has 0 fully saturated rings. The van der Waals surface area contributed by atoms with Gasteiger partial charge in [0.05, 0.1) is 12.4 Å². The van der Waals surface area contributed by atoms with Crippen LogP contribution in [-0.2, 0) is 15.2 Å². The smallest absolute Gasteiger partial charge is 0.150 e. The molecule has 0 saturated carbocycles. The number of ether oxygens (including phenoxy) is 1. The Morgan fingerprint density at radius 3 is 2.72 bits per heavy atom. The number of benzene rings is 1. The topological polar surface area (TPSA) is 43.4 Å². The SMILES string of the molecule is CCS(=O)(=O)CCCOc1ccc(Cl)cc1CBr. The summed E-state index contributed by atoms with van der Waals surface area (Å²) in [7, 11) is -2.91. The molecule has 0 aliphatic carbocycles. The van der Waals surface area contributed by atoms with Crippen molar-refractivity contribution in [2.24, 2.45) is 0 Å². The van der Waals surface area contributed by atoms with Crippen molar-refractivity contribution in [2.45, 2.75) is 18.7 Å². The van der Waals surface area contributed by atoms with Crippen molar-refractivity contribution in [3.63, 3.8) is 0 Å². The van der Waals surface area contributed by atoms with Gasteiger partial charge in [-0.2, -0.15) is 0 Å². The van der Waals surface area contributed by atoms with Crippen LogP contribution in [0.3, 0.4) is 0 Å². The second kappa shape index (κ2) is 7.36. The Hall–Kier alpha value is -0.260. The predicted octanol–water partition coefficient (Wildman–Crippen LogP) is 3.44. The number of rotatable bonds is 7. The maximum Gasteiger partial charge on any atom is 0.150 e. The largest absolute Gasteiger partial charge is 0.493 e. The van der Waals surface area contributed by atoms with Crippen molar-refractivity contribution >= 4 is 37.4 Å². The summed E-state index contributed by atoms with van der Waals surface area (Å²) in [5.74, 6) is 1.09. The molecule has 102 valence electrons. The maximum absolute atomic E-state index is 11.3. The van der Waals surface area contributed by atoms with Crippen molar-refractivity contribution in [2.75, 3.05) is 18.1 Å². The quantitative estimate of drug-likeness (QED) is 0.556. The fraction of sp³-hybridized carbons (Fsp3) is 0.500. The highest BCUT2D eigenvalue weighted by Crippen LogP contribution is 2.25. The van der Waals surface area contributed by atoms with E-state index in [1.54, 1.807) is 19.1 Å². The van der Waals surface area contributed by atoms with Crippen molar-refractivity contribution in [3.8, 4) is 5.75 Å². The number of sulfone groups is 1. The van der Waals surface area contributed by atoms with Gasteiger partial charge in [0.2, 0.25) is 0 Å². The van der Waals surface area contributed by atoms with Gasteiger partial charge in [0.25, 0.3) is 0 Å². The average Bonchev–Trinajstić information content (AvgIpc) is 2.36. The summed E-state index contributed by atoms with van der Waals surface area (Å²) in [4.78, 5) is 0. The van der Waals surface area contributed by atoms with Gasteiger partial charge in [-0.15, -0.1) is 0 Å². The molecule has 18 heavy (non-hydrogen) atoms. The summed E-state index contributed by atoms with van der Waals surface area (Å²) in [6.07, 6.45) is 0.501. The highest BCUT2D eigenvalue weighted by molar-refractivity contribution is 9.08. The van der Waals surface area contributed by atoms with E-state index in [1.807, 2.05) is 6.07 Å². The van der Waals surface area contributed by atoms with Gasteiger partial charge in [-0.3, -0.25) is 0 Å². The van der Waals surface area contributed by atoms with Crippen LogP contribution in [0.15, 0.2) is 18.2 Å². The molecule has 0 radical (unpaired) electrons. The van der Waals surface area contributed by atoms with Crippen LogP contribution < -0.4 is 4.74 Å². The van der Waals surface area contributed by atoms with Crippen LogP contribution >= 0.6 is 27.5 Å². The van der Waals surface area contributed by atoms with Crippen LogP contribution in [0.4, 0.5) is 0 Å².